The van der Waals surface area contributed by atoms with Crippen molar-refractivity contribution in [3.05, 3.63) is 76.8 Å². The molecule has 0 aliphatic rings. The summed E-state index contributed by atoms with van der Waals surface area (Å²) in [4.78, 5) is 24.7. The molecule has 1 amide bonds. The van der Waals surface area contributed by atoms with Crippen LogP contribution in [0.4, 0.5) is 5.69 Å². The minimum Gasteiger partial charge on any atom is -0.324 e. The third-order valence-electron chi connectivity index (χ3n) is 3.25. The quantitative estimate of drug-likeness (QED) is 0.563. The van der Waals surface area contributed by atoms with Crippen molar-refractivity contribution in [2.24, 2.45) is 0 Å². The summed E-state index contributed by atoms with van der Waals surface area (Å²) in [6.07, 6.45) is 0. The number of halogens is 2. The van der Waals surface area contributed by atoms with Crippen LogP contribution in [0.5, 0.6) is 0 Å². The van der Waals surface area contributed by atoms with Crippen LogP contribution in [0, 0.1) is 0 Å². The predicted molar refractivity (Wildman–Crippen MR) is 105 cm³/mol. The zero-order chi connectivity index (χ0) is 17.5. The fourth-order valence-corrected chi connectivity index (χ4v) is 2.31. The van der Waals surface area contributed by atoms with Crippen LogP contribution in [0.15, 0.2) is 60.7 Å². The maximum atomic E-state index is 12.7. The molecule has 2 rings (SSSR count). The third kappa shape index (κ3) is 6.35. The lowest BCUT2D eigenvalue weighted by atomic mass is 10.0. The van der Waals surface area contributed by atoms with Crippen molar-refractivity contribution in [3.8, 4) is 0 Å². The number of anilines is 1. The molecule has 0 aliphatic carbocycles. The first-order valence-electron chi connectivity index (χ1n) is 7.51. The van der Waals surface area contributed by atoms with Crippen LogP contribution in [0.1, 0.15) is 22.8 Å². The molecule has 2 aromatic carbocycles. The lowest BCUT2D eigenvalue weighted by Crippen LogP contribution is -2.29. The van der Waals surface area contributed by atoms with Crippen molar-refractivity contribution in [3.63, 3.8) is 0 Å². The number of hydrogen-bond donors (Lipinski definition) is 2. The first kappa shape index (κ1) is 20.9. The highest BCUT2D eigenvalue weighted by Crippen LogP contribution is 2.23. The standard InChI is InChI=1S/C19H19ClN2O2.ClH/c1-13(2)11-21-12-18(23)22-17-9-8-15(20)10-16(17)19(24)14-6-4-3-5-7-14;/h3-10,21H,1,11-12H2,2H3,(H,22,23);1H. The molecule has 132 valence electrons. The molecular weight excluding hydrogens is 359 g/mol. The van der Waals surface area contributed by atoms with E-state index in [-0.39, 0.29) is 30.6 Å². The number of benzene rings is 2. The number of ketones is 1. The summed E-state index contributed by atoms with van der Waals surface area (Å²) in [6.45, 7) is 6.33. The topological polar surface area (TPSA) is 58.2 Å². The molecule has 0 aliphatic heterocycles. The number of carbonyl (C=O) groups excluding carboxylic acids is 2. The van der Waals surface area contributed by atoms with Gasteiger partial charge in [0.25, 0.3) is 0 Å². The molecule has 0 heterocycles. The highest BCUT2D eigenvalue weighted by molar-refractivity contribution is 6.31. The summed E-state index contributed by atoms with van der Waals surface area (Å²) >= 11 is 6.02. The number of amides is 1. The fourth-order valence-electron chi connectivity index (χ4n) is 2.14. The molecule has 0 spiro atoms. The SMILES string of the molecule is C=C(C)CNCC(=O)Nc1ccc(Cl)cc1C(=O)c1ccccc1.Cl. The van der Waals surface area contributed by atoms with Crippen molar-refractivity contribution < 1.29 is 9.59 Å². The maximum absolute atomic E-state index is 12.7. The van der Waals surface area contributed by atoms with Gasteiger partial charge >= 0.3 is 0 Å². The molecule has 0 bridgehead atoms. The summed E-state index contributed by atoms with van der Waals surface area (Å²) in [6, 6.07) is 13.7. The Morgan fingerprint density at radius 3 is 2.40 bits per heavy atom. The van der Waals surface area contributed by atoms with Gasteiger partial charge in [0, 0.05) is 22.7 Å². The molecule has 4 nitrogen and oxygen atoms in total. The van der Waals surface area contributed by atoms with Gasteiger partial charge in [0.05, 0.1) is 12.2 Å². The molecule has 0 aromatic heterocycles. The monoisotopic (exact) mass is 378 g/mol. The Kier molecular flexibility index (Phi) is 8.35. The predicted octanol–water partition coefficient (Wildman–Crippen LogP) is 4.10. The number of carbonyl (C=O) groups is 2. The van der Waals surface area contributed by atoms with E-state index >= 15 is 0 Å². The van der Waals surface area contributed by atoms with E-state index in [1.165, 1.54) is 0 Å². The molecule has 0 fully saturated rings. The number of nitrogens with one attached hydrogen (secondary N) is 2. The zero-order valence-corrected chi connectivity index (χ0v) is 15.4. The Balaban J connectivity index is 0.00000312. The average molecular weight is 379 g/mol. The van der Waals surface area contributed by atoms with Crippen molar-refractivity contribution in [2.75, 3.05) is 18.4 Å². The average Bonchev–Trinajstić information content (AvgIpc) is 2.56. The zero-order valence-electron chi connectivity index (χ0n) is 13.8. The summed E-state index contributed by atoms with van der Waals surface area (Å²) in [5.74, 6) is -0.427. The van der Waals surface area contributed by atoms with Crippen molar-refractivity contribution in [1.29, 1.82) is 0 Å². The molecule has 0 unspecified atom stereocenters. The minimum atomic E-state index is -0.235. The van der Waals surface area contributed by atoms with E-state index in [1.54, 1.807) is 42.5 Å². The van der Waals surface area contributed by atoms with E-state index in [1.807, 2.05) is 13.0 Å². The molecule has 2 N–H and O–H groups in total. The van der Waals surface area contributed by atoms with E-state index < -0.39 is 0 Å². The number of rotatable bonds is 7. The van der Waals surface area contributed by atoms with E-state index in [9.17, 15) is 9.59 Å². The lowest BCUT2D eigenvalue weighted by Gasteiger charge is -2.12. The molecule has 2 aromatic rings. The van der Waals surface area contributed by atoms with Gasteiger partial charge in [-0.1, -0.05) is 54.1 Å². The Morgan fingerprint density at radius 2 is 1.76 bits per heavy atom. The maximum Gasteiger partial charge on any atom is 0.238 e. The van der Waals surface area contributed by atoms with Crippen molar-refractivity contribution in [1.82, 2.24) is 5.32 Å². The van der Waals surface area contributed by atoms with Gasteiger partial charge in [0.1, 0.15) is 0 Å². The van der Waals surface area contributed by atoms with Gasteiger partial charge in [-0.05, 0) is 25.1 Å². The molecule has 0 radical (unpaired) electrons. The van der Waals surface area contributed by atoms with Gasteiger partial charge in [-0.3, -0.25) is 9.59 Å². The molecule has 0 saturated carbocycles. The largest absolute Gasteiger partial charge is 0.324 e. The first-order valence-corrected chi connectivity index (χ1v) is 7.89. The molecule has 0 atom stereocenters. The molecule has 25 heavy (non-hydrogen) atoms. The minimum absolute atomic E-state index is 0. The van der Waals surface area contributed by atoms with Crippen molar-refractivity contribution >= 4 is 41.4 Å². The van der Waals surface area contributed by atoms with Crippen LogP contribution in [0.2, 0.25) is 5.02 Å². The van der Waals surface area contributed by atoms with Crippen LogP contribution < -0.4 is 10.6 Å². The van der Waals surface area contributed by atoms with Crippen LogP contribution in [-0.2, 0) is 4.79 Å². The molecular formula is C19H20Cl2N2O2. The summed E-state index contributed by atoms with van der Waals surface area (Å²) in [5, 5.41) is 6.16. The van der Waals surface area contributed by atoms with E-state index in [0.29, 0.717) is 28.4 Å². The van der Waals surface area contributed by atoms with E-state index in [0.717, 1.165) is 5.57 Å². The van der Waals surface area contributed by atoms with Gasteiger partial charge in [-0.15, -0.1) is 12.4 Å². The van der Waals surface area contributed by atoms with Gasteiger partial charge in [0.15, 0.2) is 5.78 Å². The first-order chi connectivity index (χ1) is 11.5. The lowest BCUT2D eigenvalue weighted by molar-refractivity contribution is -0.115. The third-order valence-corrected chi connectivity index (χ3v) is 3.48. The Bertz CT molecular complexity index is 761. The smallest absolute Gasteiger partial charge is 0.238 e. The summed E-state index contributed by atoms with van der Waals surface area (Å²) in [5.41, 5.74) is 2.28. The Labute approximate surface area is 158 Å². The Hall–Kier alpha value is -2.14. The second kappa shape index (κ2) is 9.99. The second-order valence-corrected chi connectivity index (χ2v) is 5.93. The van der Waals surface area contributed by atoms with Crippen LogP contribution in [-0.4, -0.2) is 24.8 Å². The van der Waals surface area contributed by atoms with E-state index in [4.69, 9.17) is 11.6 Å². The van der Waals surface area contributed by atoms with Crippen LogP contribution in [0.25, 0.3) is 0 Å². The molecule has 0 saturated heterocycles. The normalized spacial score (nSPS) is 9.84. The van der Waals surface area contributed by atoms with Gasteiger partial charge in [-0.2, -0.15) is 0 Å². The van der Waals surface area contributed by atoms with Gasteiger partial charge in [0.2, 0.25) is 5.91 Å². The van der Waals surface area contributed by atoms with Gasteiger partial charge < -0.3 is 10.6 Å². The number of hydrogen-bond acceptors (Lipinski definition) is 3. The summed E-state index contributed by atoms with van der Waals surface area (Å²) in [7, 11) is 0. The Morgan fingerprint density at radius 1 is 1.08 bits per heavy atom. The van der Waals surface area contributed by atoms with Crippen molar-refractivity contribution in [2.45, 2.75) is 6.92 Å². The summed E-state index contributed by atoms with van der Waals surface area (Å²) < 4.78 is 0. The highest BCUT2D eigenvalue weighted by Gasteiger charge is 2.15. The van der Waals surface area contributed by atoms with Gasteiger partial charge in [-0.25, -0.2) is 0 Å². The fraction of sp³-hybridized carbons (Fsp3) is 0.158. The second-order valence-electron chi connectivity index (χ2n) is 5.49. The van der Waals surface area contributed by atoms with Crippen LogP contribution >= 0.6 is 24.0 Å². The molecule has 6 heteroatoms. The van der Waals surface area contributed by atoms with E-state index in [2.05, 4.69) is 17.2 Å². The highest BCUT2D eigenvalue weighted by atomic mass is 35.5. The van der Waals surface area contributed by atoms with Crippen LogP contribution in [0.3, 0.4) is 0 Å².